The molecule has 0 spiro atoms. The van der Waals surface area contributed by atoms with E-state index in [1.807, 2.05) is 85.4 Å². The average molecular weight is 583 g/mol. The van der Waals surface area contributed by atoms with Crippen LogP contribution in [0.3, 0.4) is 0 Å². The van der Waals surface area contributed by atoms with Gasteiger partial charge >= 0.3 is 0 Å². The minimum atomic E-state index is -0.317. The first-order chi connectivity index (χ1) is 20.7. The van der Waals surface area contributed by atoms with Crippen molar-refractivity contribution in [2.24, 2.45) is 13.0 Å². The number of aliphatic hydroxyl groups is 1. The number of anilines is 1. The van der Waals surface area contributed by atoms with Crippen molar-refractivity contribution in [3.05, 3.63) is 95.7 Å². The maximum atomic E-state index is 13.6. The molecule has 3 aromatic carbocycles. The minimum Gasteiger partial charge on any atom is -0.488 e. The Morgan fingerprint density at radius 2 is 1.86 bits per heavy atom. The number of rotatable bonds is 9. The lowest BCUT2D eigenvalue weighted by molar-refractivity contribution is -0.134. The second-order valence-corrected chi connectivity index (χ2v) is 11.9. The van der Waals surface area contributed by atoms with E-state index in [1.54, 1.807) is 4.90 Å². The van der Waals surface area contributed by atoms with Gasteiger partial charge in [0.15, 0.2) is 0 Å². The summed E-state index contributed by atoms with van der Waals surface area (Å²) in [6.45, 7) is 5.76. The molecule has 0 radical (unpaired) electrons. The zero-order valence-corrected chi connectivity index (χ0v) is 25.5. The number of fused-ring (bicyclic) bond motifs is 2. The van der Waals surface area contributed by atoms with Gasteiger partial charge < -0.3 is 24.6 Å². The molecule has 2 N–H and O–H groups in total. The van der Waals surface area contributed by atoms with Crippen LogP contribution in [-0.2, 0) is 36.0 Å². The number of amides is 2. The molecule has 0 fully saturated rings. The highest BCUT2D eigenvalue weighted by molar-refractivity contribution is 5.96. The molecular weight excluding hydrogens is 540 g/mol. The zero-order valence-electron chi connectivity index (χ0n) is 25.5. The van der Waals surface area contributed by atoms with Gasteiger partial charge in [-0.3, -0.25) is 14.5 Å². The van der Waals surface area contributed by atoms with Crippen LogP contribution in [0.2, 0.25) is 0 Å². The van der Waals surface area contributed by atoms with Crippen molar-refractivity contribution in [1.29, 1.82) is 0 Å². The number of benzene rings is 3. The van der Waals surface area contributed by atoms with Gasteiger partial charge in [-0.2, -0.15) is 0 Å². The minimum absolute atomic E-state index is 0.0159. The van der Waals surface area contributed by atoms with Crippen molar-refractivity contribution < 1.29 is 19.4 Å². The fourth-order valence-corrected chi connectivity index (χ4v) is 5.94. The summed E-state index contributed by atoms with van der Waals surface area (Å²) in [5.74, 6) is 0.456. The number of nitrogens with zero attached hydrogens (tertiary/aromatic N) is 3. The zero-order chi connectivity index (χ0) is 30.5. The van der Waals surface area contributed by atoms with Crippen LogP contribution in [0, 0.1) is 5.92 Å². The van der Waals surface area contributed by atoms with Crippen LogP contribution in [-0.4, -0.2) is 70.2 Å². The van der Waals surface area contributed by atoms with Gasteiger partial charge in [-0.05, 0) is 49.4 Å². The lowest BCUT2D eigenvalue weighted by Crippen LogP contribution is -2.47. The molecule has 2 amide bonds. The third-order valence-electron chi connectivity index (χ3n) is 8.32. The second kappa shape index (κ2) is 13.4. The van der Waals surface area contributed by atoms with Gasteiger partial charge in [-0.25, -0.2) is 0 Å². The normalized spacial score (nSPS) is 18.0. The Kier molecular flexibility index (Phi) is 9.48. The van der Waals surface area contributed by atoms with E-state index in [0.717, 1.165) is 23.0 Å². The van der Waals surface area contributed by atoms with Gasteiger partial charge in [-0.1, -0.05) is 55.5 Å². The fourth-order valence-electron chi connectivity index (χ4n) is 5.94. The van der Waals surface area contributed by atoms with Crippen molar-refractivity contribution in [3.63, 3.8) is 0 Å². The molecule has 0 saturated heterocycles. The predicted molar refractivity (Wildman–Crippen MR) is 170 cm³/mol. The summed E-state index contributed by atoms with van der Waals surface area (Å²) in [7, 11) is 4.05. The van der Waals surface area contributed by atoms with E-state index in [2.05, 4.69) is 36.3 Å². The van der Waals surface area contributed by atoms with Gasteiger partial charge in [0, 0.05) is 61.0 Å². The summed E-state index contributed by atoms with van der Waals surface area (Å²) in [6, 6.07) is 23.6. The molecule has 1 aromatic heterocycles. The lowest BCUT2D eigenvalue weighted by Gasteiger charge is -2.34. The van der Waals surface area contributed by atoms with Gasteiger partial charge in [0.05, 0.1) is 25.5 Å². The van der Waals surface area contributed by atoms with Crippen molar-refractivity contribution in [2.45, 2.75) is 45.4 Å². The number of ether oxygens (including phenoxy) is 1. The third kappa shape index (κ3) is 7.27. The van der Waals surface area contributed by atoms with Crippen LogP contribution < -0.4 is 10.1 Å². The summed E-state index contributed by atoms with van der Waals surface area (Å²) in [4.78, 5) is 30.7. The molecule has 0 bridgehead atoms. The van der Waals surface area contributed by atoms with Crippen LogP contribution >= 0.6 is 0 Å². The molecule has 4 aromatic rings. The first kappa shape index (κ1) is 30.3. The smallest absolute Gasteiger partial charge is 0.228 e. The molecule has 1 aliphatic heterocycles. The number of hydrogen-bond donors (Lipinski definition) is 2. The topological polar surface area (TPSA) is 87.0 Å². The molecule has 43 heavy (non-hydrogen) atoms. The number of carbonyl (C=O) groups is 2. The molecule has 226 valence electrons. The summed E-state index contributed by atoms with van der Waals surface area (Å²) < 4.78 is 8.69. The van der Waals surface area contributed by atoms with E-state index in [9.17, 15) is 14.7 Å². The molecule has 8 nitrogen and oxygen atoms in total. The SMILES string of the molecule is C[C@H](CO)N1C[C@H](C)[C@@H](CN(C)Cc2ccccc2)Oc2ccc(NC(=O)Cc3cn(C)c4ccccc34)cc2CC1=O. The Balaban J connectivity index is 1.37. The van der Waals surface area contributed by atoms with E-state index in [4.69, 9.17) is 4.74 Å². The standard InChI is InChI=1S/C35H42N4O4/c1-24-19-39(25(2)23-40)35(42)18-27-16-29(36-34(41)17-28-21-38(4)31-13-9-8-12-30(28)31)14-15-32(27)43-33(24)22-37(3)20-26-10-6-5-7-11-26/h5-16,21,24-25,33,40H,17-20,22-23H2,1-4H3,(H,36,41)/t24-,25+,33+/m0/s1. The van der Waals surface area contributed by atoms with Crippen LogP contribution in [0.1, 0.15) is 30.5 Å². The van der Waals surface area contributed by atoms with Gasteiger partial charge in [0.25, 0.3) is 0 Å². The average Bonchev–Trinajstić information content (AvgIpc) is 3.32. The second-order valence-electron chi connectivity index (χ2n) is 11.9. The number of para-hydroxylation sites is 1. The Labute approximate surface area is 253 Å². The molecule has 1 aliphatic rings. The van der Waals surface area contributed by atoms with Gasteiger partial charge in [0.1, 0.15) is 11.9 Å². The highest BCUT2D eigenvalue weighted by atomic mass is 16.5. The van der Waals surface area contributed by atoms with E-state index in [1.165, 1.54) is 5.56 Å². The molecule has 0 saturated carbocycles. The number of aliphatic hydroxyl groups excluding tert-OH is 1. The van der Waals surface area contributed by atoms with Crippen molar-refractivity contribution in [1.82, 2.24) is 14.4 Å². The number of aromatic nitrogens is 1. The molecule has 5 rings (SSSR count). The maximum absolute atomic E-state index is 13.6. The summed E-state index contributed by atoms with van der Waals surface area (Å²) >= 11 is 0. The number of nitrogens with one attached hydrogen (secondary N) is 1. The summed E-state index contributed by atoms with van der Waals surface area (Å²) in [6.07, 6.45) is 2.15. The molecular formula is C35H42N4O4. The van der Waals surface area contributed by atoms with Crippen molar-refractivity contribution in [2.75, 3.05) is 32.1 Å². The summed E-state index contributed by atoms with van der Waals surface area (Å²) in [5.41, 5.74) is 4.59. The number of aryl methyl sites for hydroxylation is 1. The van der Waals surface area contributed by atoms with E-state index < -0.39 is 0 Å². The van der Waals surface area contributed by atoms with Crippen molar-refractivity contribution >= 4 is 28.4 Å². The van der Waals surface area contributed by atoms with Crippen LogP contribution in [0.5, 0.6) is 5.75 Å². The van der Waals surface area contributed by atoms with E-state index in [-0.39, 0.29) is 49.3 Å². The van der Waals surface area contributed by atoms with Gasteiger partial charge in [0.2, 0.25) is 11.8 Å². The highest BCUT2D eigenvalue weighted by Gasteiger charge is 2.31. The molecule has 0 aliphatic carbocycles. The van der Waals surface area contributed by atoms with Crippen LogP contribution in [0.15, 0.2) is 79.0 Å². The van der Waals surface area contributed by atoms with E-state index >= 15 is 0 Å². The first-order valence-electron chi connectivity index (χ1n) is 15.0. The van der Waals surface area contributed by atoms with Crippen molar-refractivity contribution in [3.8, 4) is 5.75 Å². The molecule has 0 unspecified atom stereocenters. The largest absolute Gasteiger partial charge is 0.488 e. The van der Waals surface area contributed by atoms with Gasteiger partial charge in [-0.15, -0.1) is 0 Å². The Morgan fingerprint density at radius 1 is 1.12 bits per heavy atom. The first-order valence-corrected chi connectivity index (χ1v) is 15.0. The highest BCUT2D eigenvalue weighted by Crippen LogP contribution is 2.30. The quantitative estimate of drug-likeness (QED) is 0.300. The number of carbonyl (C=O) groups excluding carboxylic acids is 2. The Morgan fingerprint density at radius 3 is 2.63 bits per heavy atom. The Hall–Kier alpha value is -4.14. The third-order valence-corrected chi connectivity index (χ3v) is 8.32. The molecule has 8 heteroatoms. The molecule has 3 atom stereocenters. The fraction of sp³-hybridized carbons (Fsp3) is 0.371. The Bertz CT molecular complexity index is 1570. The monoisotopic (exact) mass is 582 g/mol. The number of likely N-dealkylation sites (N-methyl/N-ethyl adjacent to an activating group) is 1. The van der Waals surface area contributed by atoms with Crippen LogP contribution in [0.25, 0.3) is 10.9 Å². The van der Waals surface area contributed by atoms with E-state index in [0.29, 0.717) is 30.1 Å². The lowest BCUT2D eigenvalue weighted by atomic mass is 10.0. The van der Waals surface area contributed by atoms with Crippen LogP contribution in [0.4, 0.5) is 5.69 Å². The molecule has 2 heterocycles. The summed E-state index contributed by atoms with van der Waals surface area (Å²) in [5, 5.41) is 14.0. The predicted octanol–water partition coefficient (Wildman–Crippen LogP) is 4.64. The number of hydrogen-bond acceptors (Lipinski definition) is 5. The maximum Gasteiger partial charge on any atom is 0.228 e.